The quantitative estimate of drug-likeness (QED) is 0.665. The molecule has 1 rings (SSSR count). The fourth-order valence-electron chi connectivity index (χ4n) is 1.35. The van der Waals surface area contributed by atoms with Crippen molar-refractivity contribution in [3.63, 3.8) is 0 Å². The van der Waals surface area contributed by atoms with Crippen molar-refractivity contribution in [2.24, 2.45) is 0 Å². The number of halogens is 1. The molecule has 0 N–H and O–H groups in total. The largest absolute Gasteiger partial charge is 0.281 e. The predicted octanol–water partition coefficient (Wildman–Crippen LogP) is 2.92. The van der Waals surface area contributed by atoms with Crippen LogP contribution in [0.1, 0.15) is 22.3 Å². The number of benzene rings is 1. The maximum absolute atomic E-state index is 10.7. The van der Waals surface area contributed by atoms with E-state index in [9.17, 15) is 4.79 Å². The molecule has 0 atom stereocenters. The van der Waals surface area contributed by atoms with Crippen LogP contribution in [0.15, 0.2) is 12.1 Å². The fraction of sp³-hybridized carbons (Fsp3) is 0.364. The first-order chi connectivity index (χ1) is 6.02. The molecule has 0 heterocycles. The summed E-state index contributed by atoms with van der Waals surface area (Å²) in [5.74, 6) is 0. The SMILES string of the molecule is Cc1ccc(CC(=O)Cl)c(C)c1C. The van der Waals surface area contributed by atoms with Gasteiger partial charge in [-0.15, -0.1) is 0 Å². The molecular formula is C11H13ClO. The van der Waals surface area contributed by atoms with E-state index in [0.717, 1.165) is 5.56 Å². The van der Waals surface area contributed by atoms with Crippen LogP contribution in [-0.2, 0) is 11.2 Å². The Bertz CT molecular complexity index is 342. The Hall–Kier alpha value is -0.820. The predicted molar refractivity (Wildman–Crippen MR) is 55.2 cm³/mol. The van der Waals surface area contributed by atoms with Gasteiger partial charge < -0.3 is 0 Å². The molecule has 0 aliphatic heterocycles. The van der Waals surface area contributed by atoms with Gasteiger partial charge in [0.1, 0.15) is 0 Å². The molecule has 1 aromatic carbocycles. The minimum Gasteiger partial charge on any atom is -0.281 e. The van der Waals surface area contributed by atoms with Crippen molar-refractivity contribution in [1.29, 1.82) is 0 Å². The van der Waals surface area contributed by atoms with Gasteiger partial charge in [-0.2, -0.15) is 0 Å². The lowest BCUT2D eigenvalue weighted by Gasteiger charge is -2.08. The van der Waals surface area contributed by atoms with Crippen LogP contribution in [0.5, 0.6) is 0 Å². The lowest BCUT2D eigenvalue weighted by atomic mass is 9.97. The lowest BCUT2D eigenvalue weighted by Crippen LogP contribution is -1.99. The number of hydrogen-bond acceptors (Lipinski definition) is 1. The van der Waals surface area contributed by atoms with Gasteiger partial charge in [-0.05, 0) is 54.6 Å². The third-order valence-electron chi connectivity index (χ3n) is 2.50. The van der Waals surface area contributed by atoms with Crippen molar-refractivity contribution in [3.8, 4) is 0 Å². The van der Waals surface area contributed by atoms with E-state index in [-0.39, 0.29) is 5.24 Å². The third-order valence-corrected chi connectivity index (χ3v) is 2.63. The Morgan fingerprint density at radius 3 is 2.38 bits per heavy atom. The maximum Gasteiger partial charge on any atom is 0.226 e. The van der Waals surface area contributed by atoms with Gasteiger partial charge in [0.25, 0.3) is 0 Å². The molecule has 0 spiro atoms. The molecule has 13 heavy (non-hydrogen) atoms. The van der Waals surface area contributed by atoms with Crippen molar-refractivity contribution in [1.82, 2.24) is 0 Å². The van der Waals surface area contributed by atoms with Crippen molar-refractivity contribution >= 4 is 16.8 Å². The van der Waals surface area contributed by atoms with E-state index >= 15 is 0 Å². The number of aryl methyl sites for hydroxylation is 1. The molecule has 0 amide bonds. The molecule has 0 saturated carbocycles. The van der Waals surface area contributed by atoms with E-state index in [0.29, 0.717) is 6.42 Å². The van der Waals surface area contributed by atoms with E-state index in [1.807, 2.05) is 19.1 Å². The van der Waals surface area contributed by atoms with Gasteiger partial charge in [0.05, 0.1) is 0 Å². The van der Waals surface area contributed by atoms with Gasteiger partial charge in [-0.3, -0.25) is 4.79 Å². The molecule has 0 fully saturated rings. The molecular weight excluding hydrogens is 184 g/mol. The summed E-state index contributed by atoms with van der Waals surface area (Å²) in [5.41, 5.74) is 4.70. The first kappa shape index (κ1) is 10.3. The molecule has 70 valence electrons. The maximum atomic E-state index is 10.7. The van der Waals surface area contributed by atoms with Crippen LogP contribution in [0.25, 0.3) is 0 Å². The molecule has 0 radical (unpaired) electrons. The molecule has 0 aliphatic carbocycles. The highest BCUT2D eigenvalue weighted by atomic mass is 35.5. The van der Waals surface area contributed by atoms with Crippen LogP contribution in [0, 0.1) is 20.8 Å². The number of carbonyl (C=O) groups excluding carboxylic acids is 1. The van der Waals surface area contributed by atoms with Crippen molar-refractivity contribution in [2.45, 2.75) is 27.2 Å². The Morgan fingerprint density at radius 1 is 1.23 bits per heavy atom. The Balaban J connectivity index is 3.10. The summed E-state index contributed by atoms with van der Waals surface area (Å²) in [5, 5.41) is -0.300. The summed E-state index contributed by atoms with van der Waals surface area (Å²) in [7, 11) is 0. The number of hydrogen-bond donors (Lipinski definition) is 0. The van der Waals surface area contributed by atoms with Crippen LogP contribution in [0.2, 0.25) is 0 Å². The highest BCUT2D eigenvalue weighted by Crippen LogP contribution is 2.17. The molecule has 0 aromatic heterocycles. The number of carbonyl (C=O) groups is 1. The summed E-state index contributed by atoms with van der Waals surface area (Å²) in [6.07, 6.45) is 0.328. The molecule has 1 aromatic rings. The van der Waals surface area contributed by atoms with Crippen molar-refractivity contribution in [2.75, 3.05) is 0 Å². The standard InChI is InChI=1S/C11H13ClO/c1-7-4-5-10(6-11(12)13)9(3)8(7)2/h4-5H,6H2,1-3H3. The smallest absolute Gasteiger partial charge is 0.226 e. The van der Waals surface area contributed by atoms with Crippen molar-refractivity contribution in [3.05, 3.63) is 34.4 Å². The fourth-order valence-corrected chi connectivity index (χ4v) is 1.50. The minimum absolute atomic E-state index is 0.300. The normalized spacial score (nSPS) is 10.2. The molecule has 0 aliphatic rings. The second-order valence-corrected chi connectivity index (χ2v) is 3.75. The van der Waals surface area contributed by atoms with Gasteiger partial charge in [-0.25, -0.2) is 0 Å². The molecule has 0 bridgehead atoms. The van der Waals surface area contributed by atoms with Crippen LogP contribution >= 0.6 is 11.6 Å². The summed E-state index contributed by atoms with van der Waals surface area (Å²) in [6.45, 7) is 6.15. The van der Waals surface area contributed by atoms with E-state index in [2.05, 4.69) is 13.8 Å². The highest BCUT2D eigenvalue weighted by molar-refractivity contribution is 6.63. The summed E-state index contributed by atoms with van der Waals surface area (Å²) in [6, 6.07) is 4.00. The third kappa shape index (κ3) is 2.31. The average molecular weight is 197 g/mol. The molecule has 0 unspecified atom stereocenters. The monoisotopic (exact) mass is 196 g/mol. The summed E-state index contributed by atoms with van der Waals surface area (Å²) >= 11 is 5.34. The molecule has 2 heteroatoms. The minimum atomic E-state index is -0.300. The topological polar surface area (TPSA) is 17.1 Å². The summed E-state index contributed by atoms with van der Waals surface area (Å²) in [4.78, 5) is 10.7. The van der Waals surface area contributed by atoms with Crippen LogP contribution in [-0.4, -0.2) is 5.24 Å². The Labute approximate surface area is 83.7 Å². The van der Waals surface area contributed by atoms with Gasteiger partial charge in [0.2, 0.25) is 5.24 Å². The number of rotatable bonds is 2. The van der Waals surface area contributed by atoms with E-state index in [1.165, 1.54) is 16.7 Å². The molecule has 1 nitrogen and oxygen atoms in total. The lowest BCUT2D eigenvalue weighted by molar-refractivity contribution is -0.111. The zero-order valence-corrected chi connectivity index (χ0v) is 8.90. The highest BCUT2D eigenvalue weighted by Gasteiger charge is 2.06. The van der Waals surface area contributed by atoms with E-state index < -0.39 is 0 Å². The van der Waals surface area contributed by atoms with Crippen LogP contribution < -0.4 is 0 Å². The van der Waals surface area contributed by atoms with Gasteiger partial charge in [0.15, 0.2) is 0 Å². The Kier molecular flexibility index (Phi) is 3.10. The Morgan fingerprint density at radius 2 is 1.85 bits per heavy atom. The van der Waals surface area contributed by atoms with Crippen molar-refractivity contribution < 1.29 is 4.79 Å². The first-order valence-corrected chi connectivity index (χ1v) is 4.64. The molecule has 0 saturated heterocycles. The average Bonchev–Trinajstić information content (AvgIpc) is 2.06. The first-order valence-electron chi connectivity index (χ1n) is 4.26. The summed E-state index contributed by atoms with van der Waals surface area (Å²) < 4.78 is 0. The zero-order chi connectivity index (χ0) is 10.0. The zero-order valence-electron chi connectivity index (χ0n) is 8.15. The second kappa shape index (κ2) is 3.93. The second-order valence-electron chi connectivity index (χ2n) is 3.32. The van der Waals surface area contributed by atoms with Crippen LogP contribution in [0.3, 0.4) is 0 Å². The van der Waals surface area contributed by atoms with Gasteiger partial charge in [-0.1, -0.05) is 12.1 Å². The van der Waals surface area contributed by atoms with E-state index in [1.54, 1.807) is 0 Å². The van der Waals surface area contributed by atoms with Gasteiger partial charge >= 0.3 is 0 Å². The van der Waals surface area contributed by atoms with Gasteiger partial charge in [0, 0.05) is 6.42 Å². The van der Waals surface area contributed by atoms with Crippen LogP contribution in [0.4, 0.5) is 0 Å². The van der Waals surface area contributed by atoms with E-state index in [4.69, 9.17) is 11.6 Å².